The molecule has 1 saturated heterocycles. The van der Waals surface area contributed by atoms with E-state index in [4.69, 9.17) is 4.74 Å². The molecule has 2 aromatic rings. The molecular formula is C20H23N3O3. The maximum Gasteiger partial charge on any atom is 0.263 e. The summed E-state index contributed by atoms with van der Waals surface area (Å²) in [5.41, 5.74) is 0.965. The highest BCUT2D eigenvalue weighted by Crippen LogP contribution is 2.37. The minimum Gasteiger partial charge on any atom is -0.373 e. The molecule has 1 saturated carbocycles. The van der Waals surface area contributed by atoms with Gasteiger partial charge in [0.05, 0.1) is 12.7 Å². The number of carbonyl (C=O) groups is 1. The Balaban J connectivity index is 1.31. The largest absolute Gasteiger partial charge is 0.373 e. The minimum absolute atomic E-state index is 0.137. The molecule has 2 heterocycles. The van der Waals surface area contributed by atoms with Gasteiger partial charge in [0.25, 0.3) is 11.5 Å². The molecule has 26 heavy (non-hydrogen) atoms. The number of ether oxygens (including phenoxy) is 1. The molecule has 1 amide bonds. The molecule has 1 aliphatic carbocycles. The van der Waals surface area contributed by atoms with Crippen LogP contribution in [0.3, 0.4) is 0 Å². The quantitative estimate of drug-likeness (QED) is 0.896. The van der Waals surface area contributed by atoms with Crippen LogP contribution in [0.5, 0.6) is 0 Å². The van der Waals surface area contributed by atoms with Crippen LogP contribution in [-0.2, 0) is 11.3 Å². The van der Waals surface area contributed by atoms with Crippen LogP contribution in [-0.4, -0.2) is 40.0 Å². The number of carbonyl (C=O) groups excluding carboxylic acids is 1. The van der Waals surface area contributed by atoms with Crippen molar-refractivity contribution in [1.29, 1.82) is 0 Å². The third-order valence-corrected chi connectivity index (χ3v) is 5.07. The van der Waals surface area contributed by atoms with E-state index in [0.29, 0.717) is 31.4 Å². The number of nitrogens with one attached hydrogen (secondary N) is 1. The fraction of sp³-hybridized carbons (Fsp3) is 0.450. The van der Waals surface area contributed by atoms with E-state index in [2.05, 4.69) is 9.97 Å². The zero-order valence-corrected chi connectivity index (χ0v) is 14.7. The molecule has 0 bridgehead atoms. The van der Waals surface area contributed by atoms with Gasteiger partial charge in [-0.1, -0.05) is 30.3 Å². The second-order valence-electron chi connectivity index (χ2n) is 7.07. The number of amides is 1. The Morgan fingerprint density at radius 3 is 2.54 bits per heavy atom. The topological polar surface area (TPSA) is 75.3 Å². The van der Waals surface area contributed by atoms with Crippen LogP contribution in [0.4, 0.5) is 0 Å². The van der Waals surface area contributed by atoms with Gasteiger partial charge in [0.2, 0.25) is 0 Å². The summed E-state index contributed by atoms with van der Waals surface area (Å²) in [4.78, 5) is 33.6. The van der Waals surface area contributed by atoms with E-state index >= 15 is 0 Å². The fourth-order valence-corrected chi connectivity index (χ4v) is 3.31. The number of hydrogen-bond acceptors (Lipinski definition) is 4. The van der Waals surface area contributed by atoms with Crippen molar-refractivity contribution in [3.63, 3.8) is 0 Å². The molecule has 6 heteroatoms. The van der Waals surface area contributed by atoms with Crippen LogP contribution in [0.25, 0.3) is 0 Å². The number of hydrogen-bond donors (Lipinski definition) is 1. The lowest BCUT2D eigenvalue weighted by Gasteiger charge is -2.31. The summed E-state index contributed by atoms with van der Waals surface area (Å²) in [5, 5.41) is 0. The van der Waals surface area contributed by atoms with Gasteiger partial charge in [-0.25, -0.2) is 4.98 Å². The van der Waals surface area contributed by atoms with Gasteiger partial charge in [0.1, 0.15) is 11.4 Å². The molecule has 6 nitrogen and oxygen atoms in total. The van der Waals surface area contributed by atoms with Crippen LogP contribution in [0.15, 0.2) is 41.3 Å². The molecule has 2 fully saturated rings. The van der Waals surface area contributed by atoms with Gasteiger partial charge >= 0.3 is 0 Å². The summed E-state index contributed by atoms with van der Waals surface area (Å²) in [6.45, 7) is 1.79. The van der Waals surface area contributed by atoms with Gasteiger partial charge in [-0.2, -0.15) is 0 Å². The maximum atomic E-state index is 12.6. The second kappa shape index (κ2) is 7.41. The Bertz CT molecular complexity index is 822. The van der Waals surface area contributed by atoms with Crippen molar-refractivity contribution in [2.24, 2.45) is 0 Å². The average Bonchev–Trinajstić information content (AvgIpc) is 3.52. The SMILES string of the molecule is O=C(c1cnc(C2CC2)[nH]c1=O)N1CCC(OCc2ccccc2)CC1. The summed E-state index contributed by atoms with van der Waals surface area (Å²) >= 11 is 0. The second-order valence-corrected chi connectivity index (χ2v) is 7.07. The summed E-state index contributed by atoms with van der Waals surface area (Å²) in [7, 11) is 0. The Morgan fingerprint density at radius 1 is 1.15 bits per heavy atom. The van der Waals surface area contributed by atoms with Gasteiger partial charge in [0.15, 0.2) is 0 Å². The Labute approximate surface area is 152 Å². The van der Waals surface area contributed by atoms with Crippen molar-refractivity contribution < 1.29 is 9.53 Å². The van der Waals surface area contributed by atoms with Crippen LogP contribution in [0.2, 0.25) is 0 Å². The predicted molar refractivity (Wildman–Crippen MR) is 97.0 cm³/mol. The molecule has 1 aromatic heterocycles. The van der Waals surface area contributed by atoms with E-state index in [1.807, 2.05) is 30.3 Å². The van der Waals surface area contributed by atoms with Crippen molar-refractivity contribution >= 4 is 5.91 Å². The number of aromatic amines is 1. The zero-order chi connectivity index (χ0) is 17.9. The van der Waals surface area contributed by atoms with E-state index < -0.39 is 0 Å². The number of H-pyrrole nitrogens is 1. The van der Waals surface area contributed by atoms with Crippen LogP contribution in [0.1, 0.15) is 53.3 Å². The van der Waals surface area contributed by atoms with Crippen molar-refractivity contribution in [2.45, 2.75) is 44.3 Å². The van der Waals surface area contributed by atoms with Gasteiger partial charge < -0.3 is 14.6 Å². The van der Waals surface area contributed by atoms with E-state index in [9.17, 15) is 9.59 Å². The third-order valence-electron chi connectivity index (χ3n) is 5.07. The Hall–Kier alpha value is -2.47. The van der Waals surface area contributed by atoms with Crippen molar-refractivity contribution in [3.05, 3.63) is 63.8 Å². The molecule has 0 atom stereocenters. The molecule has 1 N–H and O–H groups in total. The normalized spacial score (nSPS) is 18.1. The minimum atomic E-state index is -0.325. The molecule has 136 valence electrons. The number of nitrogens with zero attached hydrogens (tertiary/aromatic N) is 2. The smallest absolute Gasteiger partial charge is 0.263 e. The summed E-state index contributed by atoms with van der Waals surface area (Å²) in [6, 6.07) is 10.1. The molecule has 1 aromatic carbocycles. The number of piperidine rings is 1. The molecule has 1 aliphatic heterocycles. The van der Waals surface area contributed by atoms with E-state index in [-0.39, 0.29) is 23.1 Å². The average molecular weight is 353 g/mol. The highest BCUT2D eigenvalue weighted by Gasteiger charge is 2.29. The summed E-state index contributed by atoms with van der Waals surface area (Å²) < 4.78 is 5.96. The lowest BCUT2D eigenvalue weighted by atomic mass is 10.1. The predicted octanol–water partition coefficient (Wildman–Crippen LogP) is 2.47. The number of rotatable bonds is 5. The summed E-state index contributed by atoms with van der Waals surface area (Å²) in [5.74, 6) is 0.839. The molecule has 0 radical (unpaired) electrons. The lowest BCUT2D eigenvalue weighted by Crippen LogP contribution is -2.42. The number of aromatic nitrogens is 2. The van der Waals surface area contributed by atoms with Crippen LogP contribution < -0.4 is 5.56 Å². The first-order chi connectivity index (χ1) is 12.7. The highest BCUT2D eigenvalue weighted by molar-refractivity contribution is 5.93. The van der Waals surface area contributed by atoms with Gasteiger partial charge in [-0.05, 0) is 31.2 Å². The fourth-order valence-electron chi connectivity index (χ4n) is 3.31. The first kappa shape index (κ1) is 17.0. The standard InChI is InChI=1S/C20H23N3O3/c24-19-17(12-21-18(22-19)15-6-7-15)20(25)23-10-8-16(9-11-23)26-13-14-4-2-1-3-5-14/h1-5,12,15-16H,6-11,13H2,(H,21,22,24). The first-order valence-electron chi connectivity index (χ1n) is 9.25. The van der Waals surface area contributed by atoms with Crippen LogP contribution in [0, 0.1) is 0 Å². The Morgan fingerprint density at radius 2 is 1.88 bits per heavy atom. The maximum absolute atomic E-state index is 12.6. The molecule has 2 aliphatic rings. The Kier molecular flexibility index (Phi) is 4.84. The number of likely N-dealkylation sites (tertiary alicyclic amines) is 1. The van der Waals surface area contributed by atoms with Crippen molar-refractivity contribution in [1.82, 2.24) is 14.9 Å². The molecule has 0 unspecified atom stereocenters. The van der Waals surface area contributed by atoms with Crippen molar-refractivity contribution in [2.75, 3.05) is 13.1 Å². The van der Waals surface area contributed by atoms with Gasteiger partial charge in [0, 0.05) is 25.2 Å². The van der Waals surface area contributed by atoms with Gasteiger partial charge in [-0.3, -0.25) is 9.59 Å². The van der Waals surface area contributed by atoms with E-state index in [0.717, 1.165) is 31.2 Å². The lowest BCUT2D eigenvalue weighted by molar-refractivity contribution is -0.000428. The van der Waals surface area contributed by atoms with Crippen LogP contribution >= 0.6 is 0 Å². The molecule has 0 spiro atoms. The van der Waals surface area contributed by atoms with Crippen molar-refractivity contribution in [3.8, 4) is 0 Å². The zero-order valence-electron chi connectivity index (χ0n) is 14.7. The first-order valence-corrected chi connectivity index (χ1v) is 9.25. The summed E-state index contributed by atoms with van der Waals surface area (Å²) in [6.07, 6.45) is 5.27. The third kappa shape index (κ3) is 3.85. The van der Waals surface area contributed by atoms with Gasteiger partial charge in [-0.15, -0.1) is 0 Å². The number of benzene rings is 1. The highest BCUT2D eigenvalue weighted by atomic mass is 16.5. The van der Waals surface area contributed by atoms with E-state index in [1.165, 1.54) is 6.20 Å². The monoisotopic (exact) mass is 353 g/mol. The molecular weight excluding hydrogens is 330 g/mol. The van der Waals surface area contributed by atoms with E-state index in [1.54, 1.807) is 4.90 Å². The molecule has 4 rings (SSSR count).